The van der Waals surface area contributed by atoms with Gasteiger partial charge in [-0.1, -0.05) is 89.8 Å². The Kier molecular flexibility index (Phi) is 12.0. The molecule has 6 aromatic carbocycles. The van der Waals surface area contributed by atoms with Crippen molar-refractivity contribution < 1.29 is 24.5 Å². The minimum Gasteiger partial charge on any atom is -0.486 e. The fraction of sp³-hybridized carbons (Fsp3) is 0.182. The van der Waals surface area contributed by atoms with Crippen LogP contribution in [-0.4, -0.2) is 32.8 Å². The van der Waals surface area contributed by atoms with Crippen LogP contribution in [0.25, 0.3) is 83.3 Å². The molecule has 62 heavy (non-hydrogen) atoms. The standard InChI is InChI=1S/C36H24N3O.C19H26GeN.Ir/c1-22-21-30-28-16-10-17-29(34(28)40-36(30)37-23(22)2)35-38-31-20-19-25-13-6-7-15-27(25)33(31)39(35)32-18-9-8-14-26(32)24-11-4-3-5-12-24;1-19(2,3)13-16-12-18(15-10-8-7-9-11-15)21-14-17(16)20(4,5)6;/h3-16,18-21H,1-2H3;7-10,12,14H,13H2,1-6H3;/q2*-1;. The molecule has 10 aromatic rings. The largest absolute Gasteiger partial charge is 0.486 e. The first-order valence-electron chi connectivity index (χ1n) is 21.1. The molecule has 0 unspecified atom stereocenters. The zero-order valence-electron chi connectivity index (χ0n) is 36.6. The maximum atomic E-state index is 6.47. The summed E-state index contributed by atoms with van der Waals surface area (Å²) in [6, 6.07) is 55.1. The van der Waals surface area contributed by atoms with Gasteiger partial charge in [-0.2, -0.15) is 0 Å². The van der Waals surface area contributed by atoms with Gasteiger partial charge in [-0.25, -0.2) is 4.98 Å². The number of rotatable bonds is 6. The van der Waals surface area contributed by atoms with Crippen LogP contribution < -0.4 is 4.40 Å². The van der Waals surface area contributed by atoms with Crippen molar-refractivity contribution in [3.63, 3.8) is 0 Å². The van der Waals surface area contributed by atoms with Crippen molar-refractivity contribution in [3.8, 4) is 39.5 Å². The molecule has 7 heteroatoms. The van der Waals surface area contributed by atoms with Gasteiger partial charge in [-0.15, -0.1) is 18.2 Å². The monoisotopic (exact) mass is 1050 g/mol. The van der Waals surface area contributed by atoms with Crippen LogP contribution in [0.1, 0.15) is 37.6 Å². The van der Waals surface area contributed by atoms with E-state index < -0.39 is 13.3 Å². The summed E-state index contributed by atoms with van der Waals surface area (Å²) in [5, 5.41) is 4.33. The molecule has 0 aliphatic heterocycles. The van der Waals surface area contributed by atoms with Gasteiger partial charge in [0.05, 0.1) is 22.4 Å². The second-order valence-corrected chi connectivity index (χ2v) is 28.8. The third-order valence-electron chi connectivity index (χ3n) is 11.4. The predicted molar refractivity (Wildman–Crippen MR) is 257 cm³/mol. The molecule has 4 heterocycles. The van der Waals surface area contributed by atoms with Crippen molar-refractivity contribution in [2.75, 3.05) is 0 Å². The van der Waals surface area contributed by atoms with Crippen molar-refractivity contribution in [1.82, 2.24) is 19.5 Å². The summed E-state index contributed by atoms with van der Waals surface area (Å²) in [4.78, 5) is 14.7. The molecule has 0 saturated heterocycles. The minimum atomic E-state index is -1.90. The van der Waals surface area contributed by atoms with Gasteiger partial charge in [-0.3, -0.25) is 4.98 Å². The molecule has 10 rings (SSSR count). The Morgan fingerprint density at radius 2 is 1.45 bits per heavy atom. The SMILES string of the molecule is CC(C)(C)Cc1cc(-c2[c-]cccc2)nc[c]1[Ge]([CH3])([CH3])[CH3].Cc1cc2c(nc1C)oc1c(-c3nc4ccc5ccccc5c4n3-c3ccccc3-c3ccccc3)[c-]ccc12.[Ir]. The molecule has 0 saturated carbocycles. The normalized spacial score (nSPS) is 11.8. The van der Waals surface area contributed by atoms with E-state index in [1.165, 1.54) is 15.3 Å². The number of fused-ring (bicyclic) bond motifs is 6. The summed E-state index contributed by atoms with van der Waals surface area (Å²) in [5.41, 5.74) is 13.5. The zero-order valence-corrected chi connectivity index (χ0v) is 41.1. The summed E-state index contributed by atoms with van der Waals surface area (Å²) < 4.78 is 10.3. The second kappa shape index (κ2) is 17.2. The van der Waals surface area contributed by atoms with Crippen LogP contribution in [0.5, 0.6) is 0 Å². The van der Waals surface area contributed by atoms with Crippen molar-refractivity contribution in [2.24, 2.45) is 5.41 Å². The number of imidazole rings is 1. The first-order chi connectivity index (χ1) is 29.3. The molecule has 5 nitrogen and oxygen atoms in total. The molecule has 0 aliphatic rings. The second-order valence-electron chi connectivity index (χ2n) is 18.2. The molecule has 0 spiro atoms. The average Bonchev–Trinajstić information content (AvgIpc) is 3.82. The van der Waals surface area contributed by atoms with E-state index in [0.29, 0.717) is 11.1 Å². The molecule has 0 fully saturated rings. The van der Waals surface area contributed by atoms with E-state index in [1.54, 1.807) is 0 Å². The van der Waals surface area contributed by atoms with E-state index in [1.807, 2.05) is 37.3 Å². The first kappa shape index (κ1) is 43.0. The quantitative estimate of drug-likeness (QED) is 0.123. The molecular weight excluding hydrogens is 997 g/mol. The molecule has 0 atom stereocenters. The van der Waals surface area contributed by atoms with Gasteiger partial charge in [0.2, 0.25) is 5.71 Å². The smallest absolute Gasteiger partial charge is 0.216 e. The molecule has 0 bridgehead atoms. The molecule has 311 valence electrons. The Labute approximate surface area is 381 Å². The number of nitrogens with zero attached hydrogens (tertiary/aromatic N) is 4. The fourth-order valence-electron chi connectivity index (χ4n) is 8.38. The van der Waals surface area contributed by atoms with Crippen molar-refractivity contribution in [2.45, 2.75) is 58.3 Å². The van der Waals surface area contributed by atoms with Crippen molar-refractivity contribution >= 4 is 61.5 Å². The fourth-order valence-corrected chi connectivity index (χ4v) is 11.7. The molecule has 0 amide bonds. The van der Waals surface area contributed by atoms with Crippen LogP contribution in [0.3, 0.4) is 0 Å². The van der Waals surface area contributed by atoms with Crippen LogP contribution in [0.4, 0.5) is 0 Å². The number of furan rings is 1. The number of hydrogen-bond donors (Lipinski definition) is 0. The number of pyridine rings is 2. The van der Waals surface area contributed by atoms with E-state index >= 15 is 0 Å². The van der Waals surface area contributed by atoms with Gasteiger partial charge in [0.15, 0.2) is 0 Å². The summed E-state index contributed by atoms with van der Waals surface area (Å²) in [7, 11) is 0. The average molecular weight is 1050 g/mol. The van der Waals surface area contributed by atoms with Crippen molar-refractivity contribution in [3.05, 3.63) is 175 Å². The molecular formula is C55H50GeIrN4O-2. The number of para-hydroxylation sites is 1. The third-order valence-corrected chi connectivity index (χ3v) is 15.7. The summed E-state index contributed by atoms with van der Waals surface area (Å²) in [6.07, 6.45) is 3.24. The number of aryl methyl sites for hydroxylation is 2. The number of aromatic nitrogens is 4. The molecule has 0 aliphatic carbocycles. The molecule has 1 radical (unpaired) electrons. The summed E-state index contributed by atoms with van der Waals surface area (Å²) in [6.45, 7) is 11.0. The van der Waals surface area contributed by atoms with Crippen LogP contribution >= 0.6 is 0 Å². The summed E-state index contributed by atoms with van der Waals surface area (Å²) in [5.74, 6) is 8.11. The maximum Gasteiger partial charge on any atom is 0.216 e. The van der Waals surface area contributed by atoms with Crippen molar-refractivity contribution in [1.29, 1.82) is 0 Å². The Bertz CT molecular complexity index is 3210. The van der Waals surface area contributed by atoms with Gasteiger partial charge in [-0.05, 0) is 48.6 Å². The van der Waals surface area contributed by atoms with Gasteiger partial charge in [0, 0.05) is 47.8 Å². The van der Waals surface area contributed by atoms with Gasteiger partial charge in [0.25, 0.3) is 0 Å². The van der Waals surface area contributed by atoms with E-state index in [0.717, 1.165) is 89.9 Å². The maximum absolute atomic E-state index is 6.47. The van der Waals surface area contributed by atoms with Crippen LogP contribution in [0.15, 0.2) is 150 Å². The van der Waals surface area contributed by atoms with E-state index in [2.05, 4.69) is 177 Å². The van der Waals surface area contributed by atoms with E-state index in [4.69, 9.17) is 19.4 Å². The predicted octanol–water partition coefficient (Wildman–Crippen LogP) is 13.9. The minimum absolute atomic E-state index is 0. The zero-order chi connectivity index (χ0) is 42.5. The van der Waals surface area contributed by atoms with Crippen LogP contribution in [0.2, 0.25) is 17.3 Å². The number of hydrogen-bond acceptors (Lipinski definition) is 4. The third kappa shape index (κ3) is 8.44. The van der Waals surface area contributed by atoms with Gasteiger partial charge < -0.3 is 8.98 Å². The Morgan fingerprint density at radius 3 is 2.21 bits per heavy atom. The Hall–Kier alpha value is -5.66. The van der Waals surface area contributed by atoms with E-state index in [-0.39, 0.29) is 20.1 Å². The topological polar surface area (TPSA) is 56.7 Å². The number of benzene rings is 6. The van der Waals surface area contributed by atoms with Crippen LogP contribution in [0, 0.1) is 31.4 Å². The van der Waals surface area contributed by atoms with Crippen LogP contribution in [-0.2, 0) is 26.5 Å². The Morgan fingerprint density at radius 1 is 0.710 bits per heavy atom. The van der Waals surface area contributed by atoms with Gasteiger partial charge in [0.1, 0.15) is 0 Å². The Balaban J connectivity index is 0.000000205. The first-order valence-corrected chi connectivity index (χ1v) is 28.4. The van der Waals surface area contributed by atoms with E-state index in [9.17, 15) is 0 Å². The molecule has 0 N–H and O–H groups in total. The summed E-state index contributed by atoms with van der Waals surface area (Å²) >= 11 is -1.90. The van der Waals surface area contributed by atoms with Gasteiger partial charge >= 0.3 is 132 Å². The molecule has 4 aromatic heterocycles.